The Morgan fingerprint density at radius 1 is 1.00 bits per heavy atom. The number of nitrogens with zero attached hydrogens (tertiary/aromatic N) is 4. The van der Waals surface area contributed by atoms with Gasteiger partial charge in [-0.15, -0.1) is 11.3 Å². The third-order valence-corrected chi connectivity index (χ3v) is 6.43. The van der Waals surface area contributed by atoms with E-state index in [1.54, 1.807) is 11.4 Å². The average molecular weight is 449 g/mol. The number of aryl methyl sites for hydroxylation is 4. The molecule has 4 aromatic rings. The number of aromatic nitrogens is 4. The number of fused-ring (bicyclic) bond motifs is 1. The predicted molar refractivity (Wildman–Crippen MR) is 123 cm³/mol. The van der Waals surface area contributed by atoms with Crippen LogP contribution < -0.4 is 10.9 Å². The van der Waals surface area contributed by atoms with Crippen molar-refractivity contribution < 1.29 is 9.59 Å². The molecule has 1 aromatic carbocycles. The van der Waals surface area contributed by atoms with Gasteiger partial charge in [0.1, 0.15) is 9.88 Å². The van der Waals surface area contributed by atoms with Crippen LogP contribution in [0.2, 0.25) is 0 Å². The van der Waals surface area contributed by atoms with Crippen LogP contribution in [-0.2, 0) is 11.2 Å². The van der Waals surface area contributed by atoms with Crippen molar-refractivity contribution in [1.82, 2.24) is 30.4 Å². The van der Waals surface area contributed by atoms with E-state index in [0.717, 1.165) is 38.9 Å². The van der Waals surface area contributed by atoms with Gasteiger partial charge in [-0.1, -0.05) is 30.3 Å². The standard InChI is InChI=1S/C23H24N6O2S/c1-13-12-19-24-14(2)18(16(4)29(19)28-13)10-11-20(30)26-27-22(31)21-15(3)25-23(32-21)17-8-6-5-7-9-17/h5-9,12H,10-11H2,1-4H3,(H,26,30)(H,27,31). The average Bonchev–Trinajstić information content (AvgIpc) is 3.34. The number of amides is 2. The highest BCUT2D eigenvalue weighted by Gasteiger charge is 2.17. The Labute approximate surface area is 189 Å². The summed E-state index contributed by atoms with van der Waals surface area (Å²) in [5, 5.41) is 5.22. The molecule has 9 heteroatoms. The van der Waals surface area contributed by atoms with Gasteiger partial charge >= 0.3 is 0 Å². The smallest absolute Gasteiger partial charge is 0.273 e. The highest BCUT2D eigenvalue weighted by Crippen LogP contribution is 2.27. The van der Waals surface area contributed by atoms with Gasteiger partial charge in [-0.2, -0.15) is 5.10 Å². The minimum Gasteiger partial charge on any atom is -0.273 e. The van der Waals surface area contributed by atoms with E-state index >= 15 is 0 Å². The number of rotatable bonds is 5. The molecule has 2 amide bonds. The van der Waals surface area contributed by atoms with Crippen LogP contribution in [0.15, 0.2) is 36.4 Å². The quantitative estimate of drug-likeness (QED) is 0.455. The highest BCUT2D eigenvalue weighted by atomic mass is 32.1. The van der Waals surface area contributed by atoms with Crippen molar-refractivity contribution in [2.75, 3.05) is 0 Å². The molecular weight excluding hydrogens is 424 g/mol. The maximum Gasteiger partial charge on any atom is 0.281 e. The third kappa shape index (κ3) is 4.38. The second-order valence-corrected chi connectivity index (χ2v) is 8.62. The fraction of sp³-hybridized carbons (Fsp3) is 0.261. The van der Waals surface area contributed by atoms with Crippen LogP contribution in [0.3, 0.4) is 0 Å². The van der Waals surface area contributed by atoms with Gasteiger partial charge in [-0.05, 0) is 39.7 Å². The maximum atomic E-state index is 12.6. The summed E-state index contributed by atoms with van der Waals surface area (Å²) < 4.78 is 1.80. The van der Waals surface area contributed by atoms with E-state index in [2.05, 4.69) is 25.9 Å². The van der Waals surface area contributed by atoms with Crippen molar-refractivity contribution in [2.45, 2.75) is 40.5 Å². The molecule has 0 spiro atoms. The lowest BCUT2D eigenvalue weighted by molar-refractivity contribution is -0.121. The highest BCUT2D eigenvalue weighted by molar-refractivity contribution is 7.17. The first-order valence-corrected chi connectivity index (χ1v) is 11.1. The number of carbonyl (C=O) groups is 2. The van der Waals surface area contributed by atoms with Crippen LogP contribution in [0.1, 0.15) is 44.4 Å². The van der Waals surface area contributed by atoms with Crippen LogP contribution in [-0.4, -0.2) is 31.4 Å². The Balaban J connectivity index is 1.37. The summed E-state index contributed by atoms with van der Waals surface area (Å²) in [6, 6.07) is 11.6. The minimum absolute atomic E-state index is 0.215. The molecule has 4 rings (SSSR count). The minimum atomic E-state index is -0.377. The summed E-state index contributed by atoms with van der Waals surface area (Å²) in [5.41, 5.74) is 11.1. The monoisotopic (exact) mass is 448 g/mol. The van der Waals surface area contributed by atoms with Gasteiger partial charge in [0.25, 0.3) is 5.91 Å². The number of carbonyl (C=O) groups excluding carboxylic acids is 2. The van der Waals surface area contributed by atoms with Crippen molar-refractivity contribution in [3.63, 3.8) is 0 Å². The SMILES string of the molecule is Cc1cc2nc(C)c(CCC(=O)NNC(=O)c3sc(-c4ccccc4)nc3C)c(C)n2n1. The van der Waals surface area contributed by atoms with Crippen molar-refractivity contribution in [2.24, 2.45) is 0 Å². The van der Waals surface area contributed by atoms with Crippen molar-refractivity contribution in [3.8, 4) is 10.6 Å². The summed E-state index contributed by atoms with van der Waals surface area (Å²) in [5.74, 6) is -0.655. The van der Waals surface area contributed by atoms with Gasteiger partial charge in [0, 0.05) is 29.4 Å². The first-order chi connectivity index (χ1) is 15.3. The van der Waals surface area contributed by atoms with Gasteiger partial charge in [0.15, 0.2) is 5.65 Å². The number of hydrazine groups is 1. The zero-order chi connectivity index (χ0) is 22.8. The second kappa shape index (κ2) is 8.88. The summed E-state index contributed by atoms with van der Waals surface area (Å²) >= 11 is 1.30. The van der Waals surface area contributed by atoms with Crippen molar-refractivity contribution in [1.29, 1.82) is 0 Å². The van der Waals surface area contributed by atoms with Gasteiger partial charge in [0.2, 0.25) is 5.91 Å². The molecule has 0 aliphatic carbocycles. The van der Waals surface area contributed by atoms with Gasteiger partial charge < -0.3 is 0 Å². The zero-order valence-corrected chi connectivity index (χ0v) is 19.2. The summed E-state index contributed by atoms with van der Waals surface area (Å²) in [7, 11) is 0. The molecule has 0 aliphatic rings. The number of benzene rings is 1. The fourth-order valence-electron chi connectivity index (χ4n) is 3.60. The van der Waals surface area contributed by atoms with E-state index in [1.165, 1.54) is 11.3 Å². The van der Waals surface area contributed by atoms with Gasteiger partial charge in [-0.25, -0.2) is 14.5 Å². The summed E-state index contributed by atoms with van der Waals surface area (Å²) in [6.45, 7) is 7.61. The number of hydrogen-bond donors (Lipinski definition) is 2. The van der Waals surface area contributed by atoms with Gasteiger partial charge in [0.05, 0.1) is 11.4 Å². The van der Waals surface area contributed by atoms with Crippen LogP contribution in [0.5, 0.6) is 0 Å². The molecule has 0 aliphatic heterocycles. The number of hydrogen-bond acceptors (Lipinski definition) is 6. The molecule has 0 fully saturated rings. The van der Waals surface area contributed by atoms with E-state index in [1.807, 2.05) is 57.2 Å². The summed E-state index contributed by atoms with van der Waals surface area (Å²) in [6.07, 6.45) is 0.714. The van der Waals surface area contributed by atoms with Crippen LogP contribution in [0, 0.1) is 27.7 Å². The first-order valence-electron chi connectivity index (χ1n) is 10.3. The molecule has 0 bridgehead atoms. The topological polar surface area (TPSA) is 101 Å². The molecule has 0 unspecified atom stereocenters. The maximum absolute atomic E-state index is 12.6. The lowest BCUT2D eigenvalue weighted by atomic mass is 10.1. The van der Waals surface area contributed by atoms with Crippen LogP contribution in [0.25, 0.3) is 16.2 Å². The van der Waals surface area contributed by atoms with E-state index in [0.29, 0.717) is 17.0 Å². The predicted octanol–water partition coefficient (Wildman–Crippen LogP) is 3.48. The van der Waals surface area contributed by atoms with E-state index in [-0.39, 0.29) is 18.2 Å². The molecule has 3 aromatic heterocycles. The lowest BCUT2D eigenvalue weighted by Crippen LogP contribution is -2.41. The molecule has 2 N–H and O–H groups in total. The molecule has 8 nitrogen and oxygen atoms in total. The van der Waals surface area contributed by atoms with Gasteiger partial charge in [-0.3, -0.25) is 20.4 Å². The van der Waals surface area contributed by atoms with E-state index in [4.69, 9.17) is 0 Å². The van der Waals surface area contributed by atoms with Crippen molar-refractivity contribution in [3.05, 3.63) is 69.6 Å². The second-order valence-electron chi connectivity index (χ2n) is 7.62. The first kappa shape index (κ1) is 21.6. The van der Waals surface area contributed by atoms with E-state index in [9.17, 15) is 9.59 Å². The van der Waals surface area contributed by atoms with Crippen molar-refractivity contribution >= 4 is 28.8 Å². The Morgan fingerprint density at radius 3 is 2.50 bits per heavy atom. The molecule has 164 valence electrons. The third-order valence-electron chi connectivity index (χ3n) is 5.23. The molecular formula is C23H24N6O2S. The van der Waals surface area contributed by atoms with Crippen LogP contribution >= 0.6 is 11.3 Å². The normalized spacial score (nSPS) is 11.0. The molecule has 3 heterocycles. The van der Waals surface area contributed by atoms with Crippen LogP contribution in [0.4, 0.5) is 0 Å². The number of thiazole rings is 1. The molecule has 0 saturated heterocycles. The lowest BCUT2D eigenvalue weighted by Gasteiger charge is -2.11. The molecule has 0 saturated carbocycles. The Kier molecular flexibility index (Phi) is 6.00. The zero-order valence-electron chi connectivity index (χ0n) is 18.4. The Hall–Kier alpha value is -3.59. The molecule has 0 atom stereocenters. The largest absolute Gasteiger partial charge is 0.281 e. The Morgan fingerprint density at radius 2 is 1.75 bits per heavy atom. The van der Waals surface area contributed by atoms with E-state index < -0.39 is 0 Å². The Bertz CT molecular complexity index is 1310. The fourth-order valence-corrected chi connectivity index (χ4v) is 4.57. The summed E-state index contributed by atoms with van der Waals surface area (Å²) in [4.78, 5) is 34.5. The number of nitrogens with one attached hydrogen (secondary N) is 2. The molecule has 32 heavy (non-hydrogen) atoms. The molecule has 0 radical (unpaired) electrons.